The van der Waals surface area contributed by atoms with Gasteiger partial charge in [0.2, 0.25) is 0 Å². The maximum absolute atomic E-state index is 12.8. The van der Waals surface area contributed by atoms with Crippen LogP contribution >= 0.6 is 0 Å². The number of methoxy groups -OCH3 is 1. The zero-order chi connectivity index (χ0) is 27.0. The predicted molar refractivity (Wildman–Crippen MR) is 149 cm³/mol. The molecule has 1 saturated heterocycles. The third kappa shape index (κ3) is 4.79. The first-order valence-corrected chi connectivity index (χ1v) is 13.6. The van der Waals surface area contributed by atoms with Crippen LogP contribution in [0.3, 0.4) is 0 Å². The molecule has 2 fully saturated rings. The fraction of sp³-hybridized carbons (Fsp3) is 0.387. The van der Waals surface area contributed by atoms with Gasteiger partial charge in [0.15, 0.2) is 0 Å². The Morgan fingerprint density at radius 2 is 2.05 bits per heavy atom. The lowest BCUT2D eigenvalue weighted by molar-refractivity contribution is -0.0298. The van der Waals surface area contributed by atoms with Gasteiger partial charge in [0.25, 0.3) is 5.91 Å². The molecule has 3 heterocycles. The fourth-order valence-electron chi connectivity index (χ4n) is 6.64. The molecule has 6 rings (SSSR count). The average molecular weight is 523 g/mol. The Balaban J connectivity index is 1.26. The highest BCUT2D eigenvalue weighted by Crippen LogP contribution is 2.56. The van der Waals surface area contributed by atoms with E-state index in [2.05, 4.69) is 62.7 Å². The number of ether oxygens (including phenoxy) is 1. The van der Waals surface area contributed by atoms with Crippen molar-refractivity contribution in [1.82, 2.24) is 25.4 Å². The Labute approximate surface area is 228 Å². The van der Waals surface area contributed by atoms with Crippen LogP contribution in [0.4, 0.5) is 0 Å². The van der Waals surface area contributed by atoms with E-state index in [1.165, 1.54) is 22.1 Å². The number of piperidine rings is 1. The van der Waals surface area contributed by atoms with E-state index in [0.29, 0.717) is 12.1 Å². The van der Waals surface area contributed by atoms with E-state index in [4.69, 9.17) is 4.74 Å². The topological polar surface area (TPSA) is 110 Å². The largest absolute Gasteiger partial charge is 0.496 e. The Kier molecular flexibility index (Phi) is 6.61. The standard InChI is InChI=1S/C31H34N6O2/c1-20-13-28(39-2)26(25-8-10-33-29(20)25)19-37-12-9-31(14-21(15-31)17-32)16-27(37)22-3-5-23(6-4-22)30(38)34-18-24-7-11-35-36-24/h3-8,10-11,13,21,27,33H,9,12,14-16,18-19H2,1-2H3,(H,34,38)(H,35,36). The first-order valence-electron chi connectivity index (χ1n) is 13.6. The number of benzene rings is 2. The number of rotatable bonds is 7. The summed E-state index contributed by atoms with van der Waals surface area (Å²) in [4.78, 5) is 18.7. The SMILES string of the molecule is COc1cc(C)c2[nH]ccc2c1CN1CCC2(CC(C#N)C2)CC1c1ccc(C(=O)NCc2ccn[nH]2)cc1. The second-order valence-electron chi connectivity index (χ2n) is 11.2. The number of carbonyl (C=O) groups excluding carboxylic acids is 1. The molecule has 1 aliphatic heterocycles. The van der Waals surface area contributed by atoms with Crippen molar-refractivity contribution >= 4 is 16.8 Å². The molecule has 200 valence electrons. The highest BCUT2D eigenvalue weighted by atomic mass is 16.5. The van der Waals surface area contributed by atoms with Crippen molar-refractivity contribution in [3.05, 3.63) is 82.8 Å². The van der Waals surface area contributed by atoms with Gasteiger partial charge in [-0.15, -0.1) is 0 Å². The van der Waals surface area contributed by atoms with E-state index >= 15 is 0 Å². The molecule has 2 aromatic carbocycles. The van der Waals surface area contributed by atoms with E-state index in [9.17, 15) is 10.1 Å². The number of nitrogens with zero attached hydrogens (tertiary/aromatic N) is 3. The minimum Gasteiger partial charge on any atom is -0.496 e. The van der Waals surface area contributed by atoms with Crippen LogP contribution in [-0.2, 0) is 13.1 Å². The lowest BCUT2D eigenvalue weighted by Crippen LogP contribution is -2.48. The summed E-state index contributed by atoms with van der Waals surface area (Å²) in [5.74, 6) is 0.981. The monoisotopic (exact) mass is 522 g/mol. The molecule has 2 aromatic heterocycles. The van der Waals surface area contributed by atoms with E-state index in [-0.39, 0.29) is 23.3 Å². The van der Waals surface area contributed by atoms with Gasteiger partial charge in [-0.2, -0.15) is 10.4 Å². The molecule has 0 radical (unpaired) electrons. The molecular weight excluding hydrogens is 488 g/mol. The summed E-state index contributed by atoms with van der Waals surface area (Å²) in [5, 5.41) is 20.4. The van der Waals surface area contributed by atoms with Crippen LogP contribution in [0.5, 0.6) is 5.75 Å². The van der Waals surface area contributed by atoms with Crippen molar-refractivity contribution in [1.29, 1.82) is 5.26 Å². The van der Waals surface area contributed by atoms with Gasteiger partial charge in [-0.1, -0.05) is 12.1 Å². The molecule has 1 spiro atoms. The zero-order valence-corrected chi connectivity index (χ0v) is 22.5. The molecule has 2 aliphatic rings. The highest BCUT2D eigenvalue weighted by Gasteiger charge is 2.49. The van der Waals surface area contributed by atoms with E-state index in [0.717, 1.165) is 55.7 Å². The van der Waals surface area contributed by atoms with Crippen LogP contribution in [0, 0.1) is 29.6 Å². The van der Waals surface area contributed by atoms with Crippen molar-refractivity contribution < 1.29 is 9.53 Å². The van der Waals surface area contributed by atoms with Crippen LogP contribution in [0.2, 0.25) is 0 Å². The number of nitriles is 1. The third-order valence-electron chi connectivity index (χ3n) is 8.79. The highest BCUT2D eigenvalue weighted by molar-refractivity contribution is 5.94. The number of nitrogens with one attached hydrogen (secondary N) is 3. The molecule has 1 aliphatic carbocycles. The normalized spacial score (nSPS) is 22.9. The summed E-state index contributed by atoms with van der Waals surface area (Å²) < 4.78 is 5.85. The number of H-pyrrole nitrogens is 2. The van der Waals surface area contributed by atoms with Crippen LogP contribution in [0.15, 0.2) is 54.9 Å². The molecule has 1 saturated carbocycles. The van der Waals surface area contributed by atoms with Crippen LogP contribution in [0.1, 0.15) is 64.5 Å². The zero-order valence-electron chi connectivity index (χ0n) is 22.5. The number of amides is 1. The minimum atomic E-state index is -0.108. The second kappa shape index (κ2) is 10.2. The summed E-state index contributed by atoms with van der Waals surface area (Å²) >= 11 is 0. The molecule has 8 heteroatoms. The Hall–Kier alpha value is -4.09. The van der Waals surface area contributed by atoms with Crippen LogP contribution < -0.4 is 10.1 Å². The molecule has 1 amide bonds. The summed E-state index contributed by atoms with van der Waals surface area (Å²) in [7, 11) is 1.74. The maximum Gasteiger partial charge on any atom is 0.251 e. The van der Waals surface area contributed by atoms with Gasteiger partial charge in [-0.05, 0) is 86.0 Å². The van der Waals surface area contributed by atoms with Gasteiger partial charge in [-0.3, -0.25) is 14.8 Å². The Bertz CT molecular complexity index is 1510. The van der Waals surface area contributed by atoms with Crippen molar-refractivity contribution in [2.75, 3.05) is 13.7 Å². The van der Waals surface area contributed by atoms with E-state index in [1.807, 2.05) is 24.4 Å². The van der Waals surface area contributed by atoms with Crippen molar-refractivity contribution in [3.8, 4) is 11.8 Å². The first-order chi connectivity index (χ1) is 19.0. The Morgan fingerprint density at radius 3 is 2.77 bits per heavy atom. The van der Waals surface area contributed by atoms with Gasteiger partial charge < -0.3 is 15.0 Å². The Morgan fingerprint density at radius 1 is 1.23 bits per heavy atom. The number of hydrogen-bond acceptors (Lipinski definition) is 5. The fourth-order valence-corrected chi connectivity index (χ4v) is 6.64. The predicted octanol–water partition coefficient (Wildman–Crippen LogP) is 5.40. The van der Waals surface area contributed by atoms with Gasteiger partial charge in [0.1, 0.15) is 5.75 Å². The smallest absolute Gasteiger partial charge is 0.251 e. The molecular formula is C31H34N6O2. The molecule has 0 bridgehead atoms. The number of carbonyl (C=O) groups is 1. The average Bonchev–Trinajstić information content (AvgIpc) is 3.65. The summed E-state index contributed by atoms with van der Waals surface area (Å²) in [6.45, 7) is 4.24. The first kappa shape index (κ1) is 25.2. The van der Waals surface area contributed by atoms with Crippen molar-refractivity contribution in [3.63, 3.8) is 0 Å². The lowest BCUT2D eigenvalue weighted by atomic mass is 9.56. The van der Waals surface area contributed by atoms with E-state index in [1.54, 1.807) is 13.3 Å². The maximum atomic E-state index is 12.8. The number of likely N-dealkylation sites (tertiary alicyclic amines) is 1. The van der Waals surface area contributed by atoms with Gasteiger partial charge in [0, 0.05) is 52.9 Å². The van der Waals surface area contributed by atoms with Gasteiger partial charge >= 0.3 is 0 Å². The van der Waals surface area contributed by atoms with Crippen molar-refractivity contribution in [2.45, 2.75) is 51.7 Å². The molecule has 4 aromatic rings. The third-order valence-corrected chi connectivity index (χ3v) is 8.79. The molecule has 3 N–H and O–H groups in total. The van der Waals surface area contributed by atoms with Gasteiger partial charge in [-0.25, -0.2) is 0 Å². The number of aryl methyl sites for hydroxylation is 1. The summed E-state index contributed by atoms with van der Waals surface area (Å²) in [5.41, 5.74) is 6.44. The quantitative estimate of drug-likeness (QED) is 0.301. The second-order valence-corrected chi connectivity index (χ2v) is 11.2. The number of aromatic amines is 2. The van der Waals surface area contributed by atoms with Crippen LogP contribution in [0.25, 0.3) is 10.9 Å². The summed E-state index contributed by atoms with van der Waals surface area (Å²) in [6.07, 6.45) is 7.75. The van der Waals surface area contributed by atoms with Gasteiger partial charge in [0.05, 0.1) is 25.4 Å². The lowest BCUT2D eigenvalue weighted by Gasteiger charge is -2.53. The minimum absolute atomic E-state index is 0.108. The molecule has 1 atom stereocenters. The molecule has 39 heavy (non-hydrogen) atoms. The summed E-state index contributed by atoms with van der Waals surface area (Å²) in [6, 6.07) is 16.8. The number of aromatic nitrogens is 3. The van der Waals surface area contributed by atoms with E-state index < -0.39 is 0 Å². The van der Waals surface area contributed by atoms with Crippen LogP contribution in [-0.4, -0.2) is 39.6 Å². The molecule has 1 unspecified atom stereocenters. The number of fused-ring (bicyclic) bond motifs is 1. The van der Waals surface area contributed by atoms with Crippen molar-refractivity contribution in [2.24, 2.45) is 11.3 Å². The molecule has 8 nitrogen and oxygen atoms in total. The number of hydrogen-bond donors (Lipinski definition) is 3.